The van der Waals surface area contributed by atoms with Crippen LogP contribution in [0.3, 0.4) is 0 Å². The number of hydrogen-bond donors (Lipinski definition) is 2. The van der Waals surface area contributed by atoms with Gasteiger partial charge in [-0.3, -0.25) is 0 Å². The van der Waals surface area contributed by atoms with Crippen molar-refractivity contribution in [1.29, 1.82) is 0 Å². The molecule has 0 aromatic carbocycles. The summed E-state index contributed by atoms with van der Waals surface area (Å²) in [6.07, 6.45) is 12.2. The Morgan fingerprint density at radius 1 is 1.18 bits per heavy atom. The Balaban J connectivity index is 1.65. The highest BCUT2D eigenvalue weighted by atomic mass is 32.1. The Bertz CT molecular complexity index is 909. The van der Waals surface area contributed by atoms with E-state index in [9.17, 15) is 0 Å². The van der Waals surface area contributed by atoms with Gasteiger partial charge in [0.15, 0.2) is 5.82 Å². The summed E-state index contributed by atoms with van der Waals surface area (Å²) in [6.45, 7) is 5.26. The van der Waals surface area contributed by atoms with Crippen LogP contribution in [0.15, 0.2) is 18.3 Å². The number of unbranched alkanes of at least 4 members (excludes halogenated alkanes) is 2. The van der Waals surface area contributed by atoms with E-state index in [0.717, 1.165) is 34.1 Å². The van der Waals surface area contributed by atoms with Crippen molar-refractivity contribution in [3.05, 3.63) is 24.0 Å². The highest BCUT2D eigenvalue weighted by molar-refractivity contribution is 7.10. The van der Waals surface area contributed by atoms with Crippen molar-refractivity contribution in [3.8, 4) is 0 Å². The Labute approximate surface area is 171 Å². The molecule has 3 aromatic heterocycles. The maximum atomic E-state index is 4.89. The predicted molar refractivity (Wildman–Crippen MR) is 118 cm³/mol. The lowest BCUT2D eigenvalue weighted by atomic mass is 9.95. The quantitative estimate of drug-likeness (QED) is 0.464. The van der Waals surface area contributed by atoms with Gasteiger partial charge in [0, 0.05) is 18.8 Å². The van der Waals surface area contributed by atoms with Crippen molar-refractivity contribution in [1.82, 2.24) is 18.9 Å². The number of nitrogens with one attached hydrogen (secondary N) is 2. The molecule has 0 spiro atoms. The second kappa shape index (κ2) is 8.90. The molecule has 0 amide bonds. The molecular formula is C21H30N6S. The molecule has 1 fully saturated rings. The van der Waals surface area contributed by atoms with Crippen LogP contribution < -0.4 is 10.6 Å². The molecule has 0 atom stereocenters. The minimum atomic E-state index is 0.504. The number of fused-ring (bicyclic) bond motifs is 1. The molecule has 0 saturated heterocycles. The van der Waals surface area contributed by atoms with E-state index < -0.39 is 0 Å². The van der Waals surface area contributed by atoms with Crippen molar-refractivity contribution in [2.75, 3.05) is 10.6 Å². The van der Waals surface area contributed by atoms with Gasteiger partial charge in [0.1, 0.15) is 10.5 Å². The number of rotatable bonds is 8. The van der Waals surface area contributed by atoms with Crippen molar-refractivity contribution < 1.29 is 0 Å². The summed E-state index contributed by atoms with van der Waals surface area (Å²) in [5, 5.41) is 8.06. The van der Waals surface area contributed by atoms with E-state index >= 15 is 0 Å². The van der Waals surface area contributed by atoms with Gasteiger partial charge in [-0.05, 0) is 49.9 Å². The molecule has 0 bridgehead atoms. The van der Waals surface area contributed by atoms with Gasteiger partial charge in [-0.25, -0.2) is 4.98 Å². The van der Waals surface area contributed by atoms with Crippen LogP contribution in [0.25, 0.3) is 11.0 Å². The smallest absolute Gasteiger partial charge is 0.230 e. The fraction of sp³-hybridized carbons (Fsp3) is 0.571. The number of aryl methyl sites for hydroxylation is 2. The Hall–Kier alpha value is -2.15. The molecule has 1 aliphatic rings. The van der Waals surface area contributed by atoms with Gasteiger partial charge in [-0.15, -0.1) is 0 Å². The van der Waals surface area contributed by atoms with Crippen molar-refractivity contribution in [3.63, 3.8) is 0 Å². The molecule has 3 heterocycles. The van der Waals surface area contributed by atoms with E-state index in [-0.39, 0.29) is 0 Å². The van der Waals surface area contributed by atoms with Crippen LogP contribution >= 0.6 is 11.5 Å². The van der Waals surface area contributed by atoms with Gasteiger partial charge in [-0.1, -0.05) is 39.0 Å². The van der Waals surface area contributed by atoms with Gasteiger partial charge in [0.25, 0.3) is 0 Å². The van der Waals surface area contributed by atoms with Crippen LogP contribution in [-0.2, 0) is 6.54 Å². The number of aromatic nitrogens is 4. The maximum absolute atomic E-state index is 4.89. The first-order valence-electron chi connectivity index (χ1n) is 10.6. The topological polar surface area (TPSA) is 67.7 Å². The first-order valence-corrected chi connectivity index (χ1v) is 11.3. The summed E-state index contributed by atoms with van der Waals surface area (Å²) in [5.41, 5.74) is 3.14. The number of anilines is 3. The van der Waals surface area contributed by atoms with Crippen LogP contribution in [-0.4, -0.2) is 25.0 Å². The van der Waals surface area contributed by atoms with Crippen LogP contribution in [0.5, 0.6) is 0 Å². The fourth-order valence-electron chi connectivity index (χ4n) is 3.95. The molecule has 0 unspecified atom stereocenters. The van der Waals surface area contributed by atoms with Crippen LogP contribution in [0.4, 0.5) is 16.8 Å². The zero-order valence-electron chi connectivity index (χ0n) is 16.9. The maximum Gasteiger partial charge on any atom is 0.230 e. The van der Waals surface area contributed by atoms with Gasteiger partial charge in [-0.2, -0.15) is 9.36 Å². The first-order chi connectivity index (χ1) is 13.7. The Morgan fingerprint density at radius 3 is 2.79 bits per heavy atom. The highest BCUT2D eigenvalue weighted by Crippen LogP contribution is 2.29. The van der Waals surface area contributed by atoms with Gasteiger partial charge < -0.3 is 15.2 Å². The molecule has 3 aromatic rings. The van der Waals surface area contributed by atoms with Crippen LogP contribution in [0.2, 0.25) is 0 Å². The summed E-state index contributed by atoms with van der Waals surface area (Å²) < 4.78 is 6.66. The molecule has 0 radical (unpaired) electrons. The number of nitrogens with zero attached hydrogens (tertiary/aromatic N) is 4. The Morgan fingerprint density at radius 2 is 2.04 bits per heavy atom. The molecule has 6 nitrogen and oxygen atoms in total. The molecule has 0 aliphatic heterocycles. The van der Waals surface area contributed by atoms with Gasteiger partial charge in [0.2, 0.25) is 5.95 Å². The lowest BCUT2D eigenvalue weighted by Crippen LogP contribution is -2.23. The third-order valence-corrected chi connectivity index (χ3v) is 6.22. The lowest BCUT2D eigenvalue weighted by molar-refractivity contribution is 0.462. The molecule has 28 heavy (non-hydrogen) atoms. The second-order valence-electron chi connectivity index (χ2n) is 7.78. The standard InChI is InChI=1S/C21H30N6S/c1-3-4-8-12-27-13-11-17-19(27)20(22-16-9-6-5-7-10-16)25-21(23-17)24-18-14-15(2)26-28-18/h11,13-14,16H,3-10,12H2,1-2H3,(H2,22,23,24,25). The minimum Gasteiger partial charge on any atom is -0.365 e. The summed E-state index contributed by atoms with van der Waals surface area (Å²) in [6, 6.07) is 4.64. The van der Waals surface area contributed by atoms with Crippen LogP contribution in [0.1, 0.15) is 64.0 Å². The van der Waals surface area contributed by atoms with E-state index in [1.54, 1.807) is 0 Å². The zero-order chi connectivity index (χ0) is 19.3. The highest BCUT2D eigenvalue weighted by Gasteiger charge is 2.18. The first kappa shape index (κ1) is 19.2. The SMILES string of the molecule is CCCCCn1ccc2nc(Nc3cc(C)ns3)nc(NC3CCCCC3)c21. The monoisotopic (exact) mass is 398 g/mol. The van der Waals surface area contributed by atoms with E-state index in [2.05, 4.69) is 38.8 Å². The van der Waals surface area contributed by atoms with E-state index in [1.807, 2.05) is 13.0 Å². The normalized spacial score (nSPS) is 15.2. The molecular weight excluding hydrogens is 368 g/mol. The lowest BCUT2D eigenvalue weighted by Gasteiger charge is -2.24. The zero-order valence-corrected chi connectivity index (χ0v) is 17.7. The van der Waals surface area contributed by atoms with Crippen LogP contribution in [0, 0.1) is 6.92 Å². The second-order valence-corrected chi connectivity index (χ2v) is 8.59. The third-order valence-electron chi connectivity index (χ3n) is 5.42. The van der Waals surface area contributed by atoms with Crippen molar-refractivity contribution in [2.24, 2.45) is 0 Å². The molecule has 150 valence electrons. The van der Waals surface area contributed by atoms with E-state index in [0.29, 0.717) is 12.0 Å². The summed E-state index contributed by atoms with van der Waals surface area (Å²) in [4.78, 5) is 9.66. The average molecular weight is 399 g/mol. The molecule has 4 rings (SSSR count). The van der Waals surface area contributed by atoms with E-state index in [1.165, 1.54) is 62.9 Å². The Kier molecular flexibility index (Phi) is 6.10. The van der Waals surface area contributed by atoms with Gasteiger partial charge in [0.05, 0.1) is 11.2 Å². The summed E-state index contributed by atoms with van der Waals surface area (Å²) in [7, 11) is 0. The third kappa shape index (κ3) is 4.46. The molecule has 7 heteroatoms. The summed E-state index contributed by atoms with van der Waals surface area (Å²) in [5.74, 6) is 1.60. The predicted octanol–water partition coefficient (Wildman–Crippen LogP) is 5.87. The minimum absolute atomic E-state index is 0.504. The van der Waals surface area contributed by atoms with Gasteiger partial charge >= 0.3 is 0 Å². The summed E-state index contributed by atoms with van der Waals surface area (Å²) >= 11 is 1.44. The van der Waals surface area contributed by atoms with Crippen molar-refractivity contribution in [2.45, 2.75) is 77.8 Å². The molecule has 1 aliphatic carbocycles. The fourth-order valence-corrected chi connectivity index (χ4v) is 4.61. The van der Waals surface area contributed by atoms with Crippen molar-refractivity contribution >= 4 is 39.3 Å². The average Bonchev–Trinajstić information content (AvgIpc) is 3.29. The molecule has 2 N–H and O–H groups in total. The molecule has 1 saturated carbocycles. The number of hydrogen-bond acceptors (Lipinski definition) is 6. The largest absolute Gasteiger partial charge is 0.365 e. The van der Waals surface area contributed by atoms with E-state index in [4.69, 9.17) is 9.97 Å².